The zero-order chi connectivity index (χ0) is 16.2. The molecule has 0 unspecified atom stereocenters. The average molecular weight is 340 g/mol. The Morgan fingerprint density at radius 3 is 2.62 bits per heavy atom. The van der Waals surface area contributed by atoms with Crippen molar-refractivity contribution in [3.63, 3.8) is 0 Å². The lowest BCUT2D eigenvalue weighted by Crippen LogP contribution is -2.29. The molecule has 0 aliphatic carbocycles. The smallest absolute Gasteiger partial charge is 0.337 e. The Morgan fingerprint density at radius 2 is 2.10 bits per heavy atom. The Bertz CT molecular complexity index is 635. The van der Waals surface area contributed by atoms with E-state index in [1.54, 1.807) is 0 Å². The lowest BCUT2D eigenvalue weighted by atomic mass is 10.2. The molecule has 118 valence electrons. The van der Waals surface area contributed by atoms with Gasteiger partial charge in [-0.05, 0) is 18.6 Å². The van der Waals surface area contributed by atoms with Crippen molar-refractivity contribution in [3.8, 4) is 0 Å². The van der Waals surface area contributed by atoms with Crippen LogP contribution < -0.4 is 0 Å². The average Bonchev–Trinajstić information content (AvgIpc) is 2.41. The van der Waals surface area contributed by atoms with Crippen LogP contribution >= 0.6 is 11.6 Å². The Hall–Kier alpha value is -1.22. The predicted octanol–water partition coefficient (Wildman–Crippen LogP) is 1.83. The Kier molecular flexibility index (Phi) is 6.09. The maximum atomic E-state index is 13.6. The van der Waals surface area contributed by atoms with Crippen LogP contribution in [0.5, 0.6) is 0 Å². The highest BCUT2D eigenvalue weighted by atomic mass is 35.5. The largest absolute Gasteiger partial charge is 0.478 e. The van der Waals surface area contributed by atoms with E-state index in [2.05, 4.69) is 0 Å². The molecule has 0 atom stereocenters. The minimum Gasteiger partial charge on any atom is -0.478 e. The SMILES string of the molecule is COCCCN(C)S(=O)(=O)c1cc(F)c(Cl)c(C(=O)O)c1. The topological polar surface area (TPSA) is 83.9 Å². The molecule has 0 fully saturated rings. The number of nitrogens with zero attached hydrogens (tertiary/aromatic N) is 1. The minimum absolute atomic E-state index is 0.156. The first-order valence-corrected chi connectivity index (χ1v) is 7.71. The lowest BCUT2D eigenvalue weighted by Gasteiger charge is -2.17. The fraction of sp³-hybridized carbons (Fsp3) is 0.417. The summed E-state index contributed by atoms with van der Waals surface area (Å²) in [5.74, 6) is -2.60. The van der Waals surface area contributed by atoms with E-state index in [9.17, 15) is 17.6 Å². The summed E-state index contributed by atoms with van der Waals surface area (Å²) in [5, 5.41) is 8.29. The third-order valence-electron chi connectivity index (χ3n) is 2.76. The van der Waals surface area contributed by atoms with E-state index in [-0.39, 0.29) is 6.54 Å². The minimum atomic E-state index is -4.00. The van der Waals surface area contributed by atoms with Crippen molar-refractivity contribution >= 4 is 27.6 Å². The van der Waals surface area contributed by atoms with Crippen LogP contribution in [-0.2, 0) is 14.8 Å². The summed E-state index contributed by atoms with van der Waals surface area (Å²) in [6, 6.07) is 1.55. The molecule has 0 aliphatic rings. The van der Waals surface area contributed by atoms with Crippen LogP contribution in [0, 0.1) is 5.82 Å². The van der Waals surface area contributed by atoms with Gasteiger partial charge in [-0.15, -0.1) is 0 Å². The van der Waals surface area contributed by atoms with Crippen molar-refractivity contribution in [2.24, 2.45) is 0 Å². The highest BCUT2D eigenvalue weighted by Gasteiger charge is 2.25. The van der Waals surface area contributed by atoms with Crippen molar-refractivity contribution in [3.05, 3.63) is 28.5 Å². The molecule has 0 spiro atoms. The van der Waals surface area contributed by atoms with Crippen LogP contribution in [0.25, 0.3) is 0 Å². The molecule has 0 heterocycles. The molecule has 0 radical (unpaired) electrons. The van der Waals surface area contributed by atoms with Gasteiger partial charge in [0.2, 0.25) is 10.0 Å². The summed E-state index contributed by atoms with van der Waals surface area (Å²) >= 11 is 5.51. The summed E-state index contributed by atoms with van der Waals surface area (Å²) < 4.78 is 43.9. The van der Waals surface area contributed by atoms with Gasteiger partial charge in [-0.1, -0.05) is 11.6 Å². The Morgan fingerprint density at radius 1 is 1.48 bits per heavy atom. The highest BCUT2D eigenvalue weighted by molar-refractivity contribution is 7.89. The van der Waals surface area contributed by atoms with Crippen LogP contribution in [0.1, 0.15) is 16.8 Å². The van der Waals surface area contributed by atoms with E-state index in [0.717, 1.165) is 10.4 Å². The monoisotopic (exact) mass is 339 g/mol. The number of carboxylic acid groups (broad SMARTS) is 1. The molecule has 21 heavy (non-hydrogen) atoms. The zero-order valence-electron chi connectivity index (χ0n) is 11.5. The van der Waals surface area contributed by atoms with Crippen molar-refractivity contribution in [1.82, 2.24) is 4.31 Å². The van der Waals surface area contributed by atoms with E-state index in [1.807, 2.05) is 0 Å². The van der Waals surface area contributed by atoms with E-state index in [1.165, 1.54) is 14.2 Å². The first-order chi connectivity index (χ1) is 9.71. The normalized spacial score (nSPS) is 11.9. The van der Waals surface area contributed by atoms with E-state index >= 15 is 0 Å². The predicted molar refractivity (Wildman–Crippen MR) is 74.7 cm³/mol. The molecule has 0 bridgehead atoms. The van der Waals surface area contributed by atoms with Crippen LogP contribution in [0.15, 0.2) is 17.0 Å². The number of hydrogen-bond acceptors (Lipinski definition) is 4. The molecule has 1 aromatic rings. The van der Waals surface area contributed by atoms with Crippen molar-refractivity contribution < 1.29 is 27.4 Å². The number of carboxylic acids is 1. The standard InChI is InChI=1S/C12H15ClFNO5S/c1-15(4-3-5-20-2)21(18,19)8-6-9(12(16)17)11(13)10(14)7-8/h6-7H,3-5H2,1-2H3,(H,16,17). The van der Waals surface area contributed by atoms with Crippen LogP contribution in [-0.4, -0.2) is 51.1 Å². The number of ether oxygens (including phenoxy) is 1. The first-order valence-electron chi connectivity index (χ1n) is 5.89. The molecule has 0 amide bonds. The maximum absolute atomic E-state index is 13.6. The van der Waals surface area contributed by atoms with Crippen LogP contribution in [0.2, 0.25) is 5.02 Å². The van der Waals surface area contributed by atoms with Gasteiger partial charge in [0, 0.05) is 27.3 Å². The third kappa shape index (κ3) is 4.13. The van der Waals surface area contributed by atoms with Gasteiger partial charge in [-0.25, -0.2) is 21.9 Å². The van der Waals surface area contributed by atoms with Gasteiger partial charge >= 0.3 is 5.97 Å². The number of carbonyl (C=O) groups is 1. The molecular weight excluding hydrogens is 325 g/mol. The van der Waals surface area contributed by atoms with Gasteiger partial charge in [-0.2, -0.15) is 0 Å². The van der Waals surface area contributed by atoms with Gasteiger partial charge < -0.3 is 9.84 Å². The Labute approximate surface area is 127 Å². The molecular formula is C12H15ClFNO5S. The Balaban J connectivity index is 3.17. The molecule has 0 aromatic heterocycles. The molecule has 0 aliphatic heterocycles. The number of aromatic carboxylic acids is 1. The van der Waals surface area contributed by atoms with Crippen LogP contribution in [0.4, 0.5) is 4.39 Å². The lowest BCUT2D eigenvalue weighted by molar-refractivity contribution is 0.0696. The van der Waals surface area contributed by atoms with Gasteiger partial charge in [0.15, 0.2) is 0 Å². The molecule has 6 nitrogen and oxygen atoms in total. The van der Waals surface area contributed by atoms with E-state index in [0.29, 0.717) is 19.1 Å². The van der Waals surface area contributed by atoms with E-state index < -0.39 is 37.3 Å². The summed E-state index contributed by atoms with van der Waals surface area (Å²) in [7, 11) is -1.19. The maximum Gasteiger partial charge on any atom is 0.337 e. The van der Waals surface area contributed by atoms with Gasteiger partial charge in [0.05, 0.1) is 15.5 Å². The molecule has 0 saturated heterocycles. The second kappa shape index (κ2) is 7.17. The molecule has 1 rings (SSSR count). The van der Waals surface area contributed by atoms with Gasteiger partial charge in [0.25, 0.3) is 0 Å². The van der Waals surface area contributed by atoms with Crippen molar-refractivity contribution in [1.29, 1.82) is 0 Å². The number of methoxy groups -OCH3 is 1. The van der Waals surface area contributed by atoms with E-state index in [4.69, 9.17) is 21.4 Å². The number of rotatable bonds is 7. The summed E-state index contributed by atoms with van der Waals surface area (Å²) in [5.41, 5.74) is -0.597. The molecule has 1 N–H and O–H groups in total. The fourth-order valence-corrected chi connectivity index (χ4v) is 3.04. The summed E-state index contributed by atoms with van der Waals surface area (Å²) in [6.45, 7) is 0.526. The number of halogens is 2. The number of benzene rings is 1. The first kappa shape index (κ1) is 17.8. The zero-order valence-corrected chi connectivity index (χ0v) is 13.0. The summed E-state index contributed by atoms with van der Waals surface area (Å²) in [6.07, 6.45) is 0.452. The quantitative estimate of drug-likeness (QED) is 0.766. The number of hydrogen-bond donors (Lipinski definition) is 1. The second-order valence-electron chi connectivity index (χ2n) is 4.24. The number of sulfonamides is 1. The van der Waals surface area contributed by atoms with Crippen molar-refractivity contribution in [2.75, 3.05) is 27.3 Å². The second-order valence-corrected chi connectivity index (χ2v) is 6.67. The fourth-order valence-electron chi connectivity index (χ4n) is 1.60. The van der Waals surface area contributed by atoms with Gasteiger partial charge in [-0.3, -0.25) is 0 Å². The third-order valence-corrected chi connectivity index (χ3v) is 4.98. The van der Waals surface area contributed by atoms with Crippen molar-refractivity contribution in [2.45, 2.75) is 11.3 Å². The van der Waals surface area contributed by atoms with Crippen LogP contribution in [0.3, 0.4) is 0 Å². The molecule has 9 heteroatoms. The molecule has 0 saturated carbocycles. The van der Waals surface area contributed by atoms with Gasteiger partial charge in [0.1, 0.15) is 5.82 Å². The molecule has 1 aromatic carbocycles. The summed E-state index contributed by atoms with van der Waals surface area (Å²) in [4.78, 5) is 10.5. The highest BCUT2D eigenvalue weighted by Crippen LogP contribution is 2.26.